The Morgan fingerprint density at radius 1 is 1.44 bits per heavy atom. The van der Waals surface area contributed by atoms with Crippen molar-refractivity contribution in [3.63, 3.8) is 0 Å². The summed E-state index contributed by atoms with van der Waals surface area (Å²) in [5.74, 6) is 0. The van der Waals surface area contributed by atoms with E-state index in [1.807, 2.05) is 12.1 Å². The number of ether oxygens (including phenoxy) is 1. The molecule has 0 bridgehead atoms. The molecule has 5 heteroatoms. The van der Waals surface area contributed by atoms with E-state index in [0.29, 0.717) is 18.6 Å². The van der Waals surface area contributed by atoms with Crippen molar-refractivity contribution in [3.05, 3.63) is 39.9 Å². The van der Waals surface area contributed by atoms with Gasteiger partial charge in [-0.2, -0.15) is 0 Å². The Balaban J connectivity index is 1.78. The van der Waals surface area contributed by atoms with Gasteiger partial charge in [0.2, 0.25) is 0 Å². The number of hydrogen-bond acceptors (Lipinski definition) is 4. The Morgan fingerprint density at radius 3 is 2.83 bits per heavy atom. The maximum Gasteiger partial charge on any atom is 0.272 e. The quantitative estimate of drug-likeness (QED) is 0.618. The van der Waals surface area contributed by atoms with E-state index < -0.39 is 0 Å². The highest BCUT2D eigenvalue weighted by Gasteiger charge is 2.28. The fourth-order valence-electron chi connectivity index (χ4n) is 2.24. The largest absolute Gasteiger partial charge is 0.381 e. The summed E-state index contributed by atoms with van der Waals surface area (Å²) in [6, 6.07) is 7.41. The Morgan fingerprint density at radius 2 is 2.17 bits per heavy atom. The van der Waals surface area contributed by atoms with Gasteiger partial charge in [0, 0.05) is 24.8 Å². The number of para-hydroxylation sites is 1. The summed E-state index contributed by atoms with van der Waals surface area (Å²) in [4.78, 5) is 10.5. The van der Waals surface area contributed by atoms with Gasteiger partial charge in [-0.05, 0) is 25.8 Å². The molecule has 0 amide bonds. The van der Waals surface area contributed by atoms with Gasteiger partial charge in [0.05, 0.1) is 11.0 Å². The van der Waals surface area contributed by atoms with E-state index in [1.165, 1.54) is 0 Å². The number of rotatable bonds is 6. The molecule has 98 valence electrons. The van der Waals surface area contributed by atoms with Gasteiger partial charge in [-0.25, -0.2) is 0 Å². The molecule has 0 spiro atoms. The van der Waals surface area contributed by atoms with Gasteiger partial charge in [0.25, 0.3) is 5.69 Å². The number of nitro benzene ring substituents is 1. The van der Waals surface area contributed by atoms with Crippen molar-refractivity contribution in [3.8, 4) is 0 Å². The molecule has 1 fully saturated rings. The van der Waals surface area contributed by atoms with Gasteiger partial charge in [0.15, 0.2) is 0 Å². The van der Waals surface area contributed by atoms with Crippen molar-refractivity contribution in [1.29, 1.82) is 0 Å². The first-order chi connectivity index (χ1) is 8.70. The highest BCUT2D eigenvalue weighted by molar-refractivity contribution is 5.39. The van der Waals surface area contributed by atoms with E-state index in [9.17, 15) is 10.1 Å². The molecule has 5 nitrogen and oxygen atoms in total. The SMILES string of the molecule is COC1CC(NCCc2ccccc2[N+](=O)[O-])C1. The maximum absolute atomic E-state index is 10.8. The molecule has 1 aliphatic rings. The number of nitrogens with one attached hydrogen (secondary N) is 1. The van der Waals surface area contributed by atoms with Crippen LogP contribution in [0.1, 0.15) is 18.4 Å². The lowest BCUT2D eigenvalue weighted by Crippen LogP contribution is -2.45. The Kier molecular flexibility index (Phi) is 4.28. The zero-order chi connectivity index (χ0) is 13.0. The molecule has 0 saturated heterocycles. The van der Waals surface area contributed by atoms with Gasteiger partial charge in [0.1, 0.15) is 0 Å². The van der Waals surface area contributed by atoms with Crippen molar-refractivity contribution in [1.82, 2.24) is 5.32 Å². The lowest BCUT2D eigenvalue weighted by molar-refractivity contribution is -0.385. The molecule has 0 aliphatic heterocycles. The molecule has 0 unspecified atom stereocenters. The van der Waals surface area contributed by atoms with Crippen LogP contribution in [0.25, 0.3) is 0 Å². The highest BCUT2D eigenvalue weighted by atomic mass is 16.6. The molecular weight excluding hydrogens is 232 g/mol. The molecule has 0 radical (unpaired) electrons. The lowest BCUT2D eigenvalue weighted by atomic mass is 9.89. The zero-order valence-electron chi connectivity index (χ0n) is 10.5. The first kappa shape index (κ1) is 13.0. The molecule has 0 heterocycles. The van der Waals surface area contributed by atoms with Crippen LogP contribution >= 0.6 is 0 Å². The second-order valence-corrected chi connectivity index (χ2v) is 4.62. The van der Waals surface area contributed by atoms with Crippen LogP contribution in [-0.4, -0.2) is 30.7 Å². The monoisotopic (exact) mass is 250 g/mol. The molecule has 0 aromatic heterocycles. The summed E-state index contributed by atoms with van der Waals surface area (Å²) in [5, 5.41) is 14.2. The van der Waals surface area contributed by atoms with Crippen molar-refractivity contribution in [2.24, 2.45) is 0 Å². The number of hydrogen-bond donors (Lipinski definition) is 1. The number of nitrogens with zero attached hydrogens (tertiary/aromatic N) is 1. The van der Waals surface area contributed by atoms with E-state index in [1.54, 1.807) is 19.2 Å². The minimum absolute atomic E-state index is 0.211. The van der Waals surface area contributed by atoms with Gasteiger partial charge in [-0.1, -0.05) is 18.2 Å². The first-order valence-corrected chi connectivity index (χ1v) is 6.19. The molecule has 2 rings (SSSR count). The summed E-state index contributed by atoms with van der Waals surface area (Å²) in [5.41, 5.74) is 1.00. The van der Waals surface area contributed by atoms with Crippen LogP contribution < -0.4 is 5.32 Å². The van der Waals surface area contributed by atoms with E-state index in [-0.39, 0.29) is 10.6 Å². The standard InChI is InChI=1S/C13H18N2O3/c1-18-12-8-11(9-12)14-7-6-10-4-2-3-5-13(10)15(16)17/h2-5,11-12,14H,6-9H2,1H3. The zero-order valence-corrected chi connectivity index (χ0v) is 10.5. The number of nitro groups is 1. The van der Waals surface area contributed by atoms with Gasteiger partial charge < -0.3 is 10.1 Å². The first-order valence-electron chi connectivity index (χ1n) is 6.19. The third-order valence-corrected chi connectivity index (χ3v) is 3.44. The summed E-state index contributed by atoms with van der Waals surface area (Å²) >= 11 is 0. The fourth-order valence-corrected chi connectivity index (χ4v) is 2.24. The smallest absolute Gasteiger partial charge is 0.272 e. The minimum atomic E-state index is -0.320. The third-order valence-electron chi connectivity index (χ3n) is 3.44. The summed E-state index contributed by atoms with van der Waals surface area (Å²) < 4.78 is 5.20. The summed E-state index contributed by atoms with van der Waals surface area (Å²) in [6.07, 6.45) is 3.14. The Hall–Kier alpha value is -1.46. The number of benzene rings is 1. The second-order valence-electron chi connectivity index (χ2n) is 4.62. The minimum Gasteiger partial charge on any atom is -0.381 e. The molecule has 18 heavy (non-hydrogen) atoms. The van der Waals surface area contributed by atoms with Crippen LogP contribution in [0.5, 0.6) is 0 Å². The average Bonchev–Trinajstić information content (AvgIpc) is 2.32. The summed E-state index contributed by atoms with van der Waals surface area (Å²) in [6.45, 7) is 0.770. The van der Waals surface area contributed by atoms with Crippen LogP contribution in [0.3, 0.4) is 0 Å². The van der Waals surface area contributed by atoms with Gasteiger partial charge >= 0.3 is 0 Å². The van der Waals surface area contributed by atoms with Crippen LogP contribution in [0.15, 0.2) is 24.3 Å². The predicted molar refractivity (Wildman–Crippen MR) is 68.6 cm³/mol. The highest BCUT2D eigenvalue weighted by Crippen LogP contribution is 2.23. The van der Waals surface area contributed by atoms with E-state index in [2.05, 4.69) is 5.32 Å². The van der Waals surface area contributed by atoms with Gasteiger partial charge in [-0.15, -0.1) is 0 Å². The van der Waals surface area contributed by atoms with Gasteiger partial charge in [-0.3, -0.25) is 10.1 Å². The Bertz CT molecular complexity index is 416. The van der Waals surface area contributed by atoms with Crippen molar-refractivity contribution < 1.29 is 9.66 Å². The Labute approximate surface area is 106 Å². The van der Waals surface area contributed by atoms with Crippen molar-refractivity contribution in [2.75, 3.05) is 13.7 Å². The maximum atomic E-state index is 10.8. The van der Waals surface area contributed by atoms with Crippen molar-refractivity contribution >= 4 is 5.69 Å². The molecule has 1 aliphatic carbocycles. The molecule has 1 saturated carbocycles. The molecule has 0 atom stereocenters. The third kappa shape index (κ3) is 3.05. The van der Waals surface area contributed by atoms with Crippen LogP contribution in [-0.2, 0) is 11.2 Å². The molecular formula is C13H18N2O3. The van der Waals surface area contributed by atoms with E-state index in [0.717, 1.165) is 24.9 Å². The normalized spacial score (nSPS) is 22.5. The van der Waals surface area contributed by atoms with Crippen LogP contribution in [0, 0.1) is 10.1 Å². The number of methoxy groups -OCH3 is 1. The van der Waals surface area contributed by atoms with Crippen LogP contribution in [0.2, 0.25) is 0 Å². The molecule has 1 N–H and O–H groups in total. The average molecular weight is 250 g/mol. The molecule has 1 aromatic carbocycles. The van der Waals surface area contributed by atoms with Crippen LogP contribution in [0.4, 0.5) is 5.69 Å². The summed E-state index contributed by atoms with van der Waals surface area (Å²) in [7, 11) is 1.73. The van der Waals surface area contributed by atoms with Crippen molar-refractivity contribution in [2.45, 2.75) is 31.4 Å². The predicted octanol–water partition coefficient (Wildman–Crippen LogP) is 1.90. The van der Waals surface area contributed by atoms with E-state index in [4.69, 9.17) is 4.74 Å². The fraction of sp³-hybridized carbons (Fsp3) is 0.538. The lowest BCUT2D eigenvalue weighted by Gasteiger charge is -2.34. The van der Waals surface area contributed by atoms with E-state index >= 15 is 0 Å². The molecule has 1 aromatic rings. The topological polar surface area (TPSA) is 64.4 Å². The second kappa shape index (κ2) is 5.93.